The molecule has 1 N–H and O–H groups in total. The fourth-order valence-corrected chi connectivity index (χ4v) is 3.86. The van der Waals surface area contributed by atoms with Gasteiger partial charge in [0.15, 0.2) is 0 Å². The van der Waals surface area contributed by atoms with E-state index in [2.05, 4.69) is 59.9 Å². The van der Waals surface area contributed by atoms with E-state index in [1.807, 2.05) is 12.3 Å². The molecule has 0 aliphatic heterocycles. The van der Waals surface area contributed by atoms with Crippen molar-refractivity contribution in [2.75, 3.05) is 0 Å². The van der Waals surface area contributed by atoms with Crippen LogP contribution >= 0.6 is 0 Å². The van der Waals surface area contributed by atoms with Gasteiger partial charge in [-0.3, -0.25) is 0 Å². The van der Waals surface area contributed by atoms with Crippen LogP contribution in [0.15, 0.2) is 77.6 Å². The van der Waals surface area contributed by atoms with Crippen molar-refractivity contribution in [3.05, 3.63) is 95.4 Å². The summed E-state index contributed by atoms with van der Waals surface area (Å²) in [4.78, 5) is 0. The molecule has 0 fully saturated rings. The summed E-state index contributed by atoms with van der Waals surface area (Å²) in [6, 6.07) is 22.2. The third-order valence-electron chi connectivity index (χ3n) is 5.09. The first-order valence-corrected chi connectivity index (χ1v) is 8.76. The van der Waals surface area contributed by atoms with Crippen molar-refractivity contribution in [2.45, 2.75) is 31.8 Å². The van der Waals surface area contributed by atoms with E-state index in [4.69, 9.17) is 4.42 Å². The minimum atomic E-state index is 0.394. The van der Waals surface area contributed by atoms with Gasteiger partial charge in [-0.05, 0) is 47.9 Å². The van der Waals surface area contributed by atoms with Crippen molar-refractivity contribution < 1.29 is 4.42 Å². The minimum Gasteiger partial charge on any atom is -0.472 e. The summed E-state index contributed by atoms with van der Waals surface area (Å²) in [5, 5.41) is 3.79. The van der Waals surface area contributed by atoms with E-state index in [0.717, 1.165) is 13.0 Å². The molecule has 0 spiro atoms. The lowest BCUT2D eigenvalue weighted by Crippen LogP contribution is -2.33. The molecule has 2 nitrogen and oxygen atoms in total. The van der Waals surface area contributed by atoms with Crippen molar-refractivity contribution in [3.8, 4) is 0 Å². The van der Waals surface area contributed by atoms with E-state index >= 15 is 0 Å². The van der Waals surface area contributed by atoms with Gasteiger partial charge in [-0.15, -0.1) is 0 Å². The molecule has 0 saturated heterocycles. The molecule has 4 rings (SSSR count). The number of hydrogen-bond acceptors (Lipinski definition) is 2. The molecule has 24 heavy (non-hydrogen) atoms. The molecule has 1 aromatic heterocycles. The average molecular weight is 317 g/mol. The summed E-state index contributed by atoms with van der Waals surface area (Å²) in [6.45, 7) is 0.848. The summed E-state index contributed by atoms with van der Waals surface area (Å²) in [5.74, 6) is 0.620. The Kier molecular flexibility index (Phi) is 4.48. The van der Waals surface area contributed by atoms with Crippen LogP contribution < -0.4 is 5.32 Å². The molecule has 0 radical (unpaired) electrons. The number of aryl methyl sites for hydroxylation is 1. The van der Waals surface area contributed by atoms with Gasteiger partial charge in [0.25, 0.3) is 0 Å². The first kappa shape index (κ1) is 15.2. The highest BCUT2D eigenvalue weighted by molar-refractivity contribution is 5.34. The zero-order chi connectivity index (χ0) is 16.2. The topological polar surface area (TPSA) is 25.2 Å². The molecule has 2 atom stereocenters. The number of benzene rings is 2. The lowest BCUT2D eigenvalue weighted by molar-refractivity contribution is 0.316. The molecule has 1 heterocycles. The maximum atomic E-state index is 5.21. The molecular formula is C22H23NO. The maximum absolute atomic E-state index is 5.21. The second kappa shape index (κ2) is 7.06. The Labute approximate surface area is 143 Å². The number of fused-ring (bicyclic) bond motifs is 1. The van der Waals surface area contributed by atoms with Gasteiger partial charge < -0.3 is 9.73 Å². The van der Waals surface area contributed by atoms with Gasteiger partial charge in [-0.25, -0.2) is 0 Å². The summed E-state index contributed by atoms with van der Waals surface area (Å²) in [7, 11) is 0. The Morgan fingerprint density at radius 1 is 0.917 bits per heavy atom. The predicted molar refractivity (Wildman–Crippen MR) is 96.7 cm³/mol. The second-order valence-electron chi connectivity index (χ2n) is 6.68. The van der Waals surface area contributed by atoms with Crippen LogP contribution in [0.2, 0.25) is 0 Å². The Bertz CT molecular complexity index is 764. The van der Waals surface area contributed by atoms with Crippen LogP contribution in [0.3, 0.4) is 0 Å². The first-order chi connectivity index (χ1) is 11.9. The summed E-state index contributed by atoms with van der Waals surface area (Å²) >= 11 is 0. The van der Waals surface area contributed by atoms with Crippen LogP contribution in [0.1, 0.15) is 34.7 Å². The van der Waals surface area contributed by atoms with Gasteiger partial charge in [0.05, 0.1) is 12.5 Å². The van der Waals surface area contributed by atoms with Crippen LogP contribution in [-0.4, -0.2) is 0 Å². The van der Waals surface area contributed by atoms with Crippen molar-refractivity contribution in [1.82, 2.24) is 5.32 Å². The second-order valence-corrected chi connectivity index (χ2v) is 6.68. The van der Waals surface area contributed by atoms with Crippen molar-refractivity contribution in [1.29, 1.82) is 0 Å². The average Bonchev–Trinajstić information content (AvgIpc) is 3.15. The van der Waals surface area contributed by atoms with E-state index in [1.54, 1.807) is 6.26 Å². The van der Waals surface area contributed by atoms with Crippen molar-refractivity contribution >= 4 is 0 Å². The molecule has 0 unspecified atom stereocenters. The lowest BCUT2D eigenvalue weighted by Gasteiger charge is -2.34. The van der Waals surface area contributed by atoms with E-state index < -0.39 is 0 Å². The molecule has 2 aromatic carbocycles. The summed E-state index contributed by atoms with van der Waals surface area (Å²) in [5.41, 5.74) is 5.59. The van der Waals surface area contributed by atoms with E-state index in [9.17, 15) is 0 Å². The van der Waals surface area contributed by atoms with Gasteiger partial charge in [0, 0.05) is 18.2 Å². The highest BCUT2D eigenvalue weighted by Gasteiger charge is 2.29. The molecule has 0 amide bonds. The smallest absolute Gasteiger partial charge is 0.0947 e. The largest absolute Gasteiger partial charge is 0.472 e. The highest BCUT2D eigenvalue weighted by Crippen LogP contribution is 2.36. The monoisotopic (exact) mass is 317 g/mol. The Morgan fingerprint density at radius 2 is 1.75 bits per heavy atom. The van der Waals surface area contributed by atoms with Crippen LogP contribution in [0.4, 0.5) is 0 Å². The SMILES string of the molecule is c1ccc(C[C@@H]2CCc3ccccc3[C@H]2NCc2ccoc2)cc1. The van der Waals surface area contributed by atoms with Gasteiger partial charge in [0.1, 0.15) is 0 Å². The third kappa shape index (κ3) is 3.29. The van der Waals surface area contributed by atoms with Gasteiger partial charge in [0.2, 0.25) is 0 Å². The summed E-state index contributed by atoms with van der Waals surface area (Å²) < 4.78 is 5.21. The number of rotatable bonds is 5. The maximum Gasteiger partial charge on any atom is 0.0947 e. The van der Waals surface area contributed by atoms with Gasteiger partial charge >= 0.3 is 0 Å². The Balaban J connectivity index is 1.57. The predicted octanol–water partition coefficient (Wildman–Crippen LogP) is 4.92. The molecule has 122 valence electrons. The highest BCUT2D eigenvalue weighted by atomic mass is 16.3. The normalized spacial score (nSPS) is 19.8. The molecular weight excluding hydrogens is 294 g/mol. The zero-order valence-corrected chi connectivity index (χ0v) is 13.8. The van der Waals surface area contributed by atoms with Crippen LogP contribution in [0, 0.1) is 5.92 Å². The molecule has 3 aromatic rings. The third-order valence-corrected chi connectivity index (χ3v) is 5.09. The molecule has 1 aliphatic carbocycles. The lowest BCUT2D eigenvalue weighted by atomic mass is 9.77. The molecule has 2 heteroatoms. The van der Waals surface area contributed by atoms with Crippen LogP contribution in [0.5, 0.6) is 0 Å². The minimum absolute atomic E-state index is 0.394. The molecule has 0 bridgehead atoms. The van der Waals surface area contributed by atoms with Crippen molar-refractivity contribution in [3.63, 3.8) is 0 Å². The van der Waals surface area contributed by atoms with Crippen LogP contribution in [-0.2, 0) is 19.4 Å². The molecule has 1 aliphatic rings. The zero-order valence-electron chi connectivity index (χ0n) is 13.8. The fourth-order valence-electron chi connectivity index (χ4n) is 3.86. The number of furan rings is 1. The quantitative estimate of drug-likeness (QED) is 0.723. The number of hydrogen-bond donors (Lipinski definition) is 1. The summed E-state index contributed by atoms with van der Waals surface area (Å²) in [6.07, 6.45) is 7.10. The van der Waals surface area contributed by atoms with E-state index in [0.29, 0.717) is 12.0 Å². The first-order valence-electron chi connectivity index (χ1n) is 8.76. The van der Waals surface area contributed by atoms with Crippen molar-refractivity contribution in [2.24, 2.45) is 5.92 Å². The standard InChI is InChI=1S/C22H23NO/c1-2-6-17(7-3-1)14-20-11-10-19-8-4-5-9-21(19)22(20)23-15-18-12-13-24-16-18/h1-9,12-13,16,20,22-23H,10-11,14-15H2/t20-,22-/m0/s1. The van der Waals surface area contributed by atoms with E-state index in [-0.39, 0.29) is 0 Å². The Hall–Kier alpha value is -2.32. The number of nitrogens with one attached hydrogen (secondary N) is 1. The molecule has 0 saturated carbocycles. The fraction of sp³-hybridized carbons (Fsp3) is 0.273. The van der Waals surface area contributed by atoms with E-state index in [1.165, 1.54) is 35.1 Å². The van der Waals surface area contributed by atoms with Crippen LogP contribution in [0.25, 0.3) is 0 Å². The Morgan fingerprint density at radius 3 is 2.58 bits per heavy atom. The van der Waals surface area contributed by atoms with Gasteiger partial charge in [-0.2, -0.15) is 0 Å². The van der Waals surface area contributed by atoms with Gasteiger partial charge in [-0.1, -0.05) is 54.6 Å².